The Kier molecular flexibility index (Phi) is 3.37. The predicted octanol–water partition coefficient (Wildman–Crippen LogP) is 0.678. The molecule has 0 amide bonds. The molecule has 1 aromatic carbocycles. The number of sulfonamides is 1. The molecular weight excluding hydrogens is 240 g/mol. The summed E-state index contributed by atoms with van der Waals surface area (Å²) < 4.78 is 31.5. The molecule has 94 valence electrons. The molecule has 1 heterocycles. The van der Waals surface area contributed by atoms with E-state index in [0.717, 1.165) is 0 Å². The highest BCUT2D eigenvalue weighted by molar-refractivity contribution is 7.89. The lowest BCUT2D eigenvalue weighted by atomic mass is 10.3. The van der Waals surface area contributed by atoms with Gasteiger partial charge in [0.1, 0.15) is 4.90 Å². The molecule has 0 unspecified atom stereocenters. The van der Waals surface area contributed by atoms with E-state index >= 15 is 0 Å². The summed E-state index contributed by atoms with van der Waals surface area (Å²) in [7, 11) is -3.51. The van der Waals surface area contributed by atoms with Crippen molar-refractivity contribution in [3.05, 3.63) is 24.3 Å². The maximum absolute atomic E-state index is 12.4. The minimum atomic E-state index is -3.51. The van der Waals surface area contributed by atoms with Gasteiger partial charge in [0.25, 0.3) is 0 Å². The zero-order chi connectivity index (χ0) is 12.5. The fraction of sp³-hybridized carbons (Fsp3) is 0.455. The van der Waals surface area contributed by atoms with Crippen molar-refractivity contribution < 1.29 is 13.2 Å². The van der Waals surface area contributed by atoms with Crippen LogP contribution >= 0.6 is 0 Å². The van der Waals surface area contributed by atoms with E-state index in [9.17, 15) is 8.42 Å². The van der Waals surface area contributed by atoms with Crippen molar-refractivity contribution in [1.82, 2.24) is 4.31 Å². The van der Waals surface area contributed by atoms with Gasteiger partial charge in [0, 0.05) is 12.6 Å². The van der Waals surface area contributed by atoms with Crippen molar-refractivity contribution in [3.8, 4) is 0 Å². The molecule has 0 aliphatic carbocycles. The molecule has 6 heteroatoms. The molecule has 5 nitrogen and oxygen atoms in total. The molecule has 0 saturated carbocycles. The van der Waals surface area contributed by atoms with Gasteiger partial charge in [-0.25, -0.2) is 8.42 Å². The van der Waals surface area contributed by atoms with Crippen LogP contribution in [-0.2, 0) is 14.8 Å². The van der Waals surface area contributed by atoms with Crippen LogP contribution in [0.2, 0.25) is 0 Å². The lowest BCUT2D eigenvalue weighted by Crippen LogP contribution is -2.47. The van der Waals surface area contributed by atoms with E-state index < -0.39 is 10.0 Å². The zero-order valence-corrected chi connectivity index (χ0v) is 10.5. The Bertz CT molecular complexity index is 501. The van der Waals surface area contributed by atoms with Crippen LogP contribution in [0.4, 0.5) is 5.69 Å². The van der Waals surface area contributed by atoms with Crippen molar-refractivity contribution in [2.24, 2.45) is 0 Å². The standard InChI is InChI=1S/C11H16N2O3S/c1-9-8-16-7-6-13(9)17(14,15)11-5-3-2-4-10(11)12/h2-5,9H,6-8,12H2,1H3/t9-/m1/s1. The largest absolute Gasteiger partial charge is 0.398 e. The number of benzene rings is 1. The first-order valence-corrected chi connectivity index (χ1v) is 6.91. The third kappa shape index (κ3) is 2.29. The minimum Gasteiger partial charge on any atom is -0.398 e. The van der Waals surface area contributed by atoms with Gasteiger partial charge in [-0.2, -0.15) is 4.31 Å². The smallest absolute Gasteiger partial charge is 0.245 e. The van der Waals surface area contributed by atoms with Gasteiger partial charge in [0.15, 0.2) is 0 Å². The average molecular weight is 256 g/mol. The molecule has 1 aliphatic rings. The Morgan fingerprint density at radius 3 is 2.76 bits per heavy atom. The second-order valence-corrected chi connectivity index (χ2v) is 5.94. The molecule has 1 aromatic rings. The number of anilines is 1. The summed E-state index contributed by atoms with van der Waals surface area (Å²) in [6, 6.07) is 6.37. The molecule has 0 radical (unpaired) electrons. The molecular formula is C11H16N2O3S. The van der Waals surface area contributed by atoms with E-state index in [1.54, 1.807) is 18.2 Å². The number of nitrogens with zero attached hydrogens (tertiary/aromatic N) is 1. The third-order valence-corrected chi connectivity index (χ3v) is 4.90. The predicted molar refractivity (Wildman–Crippen MR) is 65.0 cm³/mol. The van der Waals surface area contributed by atoms with Gasteiger partial charge in [-0.05, 0) is 19.1 Å². The van der Waals surface area contributed by atoms with Crippen LogP contribution in [0.1, 0.15) is 6.92 Å². The van der Waals surface area contributed by atoms with Gasteiger partial charge in [-0.1, -0.05) is 12.1 Å². The van der Waals surface area contributed by atoms with E-state index in [-0.39, 0.29) is 16.6 Å². The second kappa shape index (κ2) is 4.64. The molecule has 0 bridgehead atoms. The van der Waals surface area contributed by atoms with Crippen molar-refractivity contribution >= 4 is 15.7 Å². The van der Waals surface area contributed by atoms with Crippen LogP contribution in [0.3, 0.4) is 0 Å². The van der Waals surface area contributed by atoms with Crippen LogP contribution in [0, 0.1) is 0 Å². The number of hydrogen-bond acceptors (Lipinski definition) is 4. The van der Waals surface area contributed by atoms with Gasteiger partial charge < -0.3 is 10.5 Å². The number of para-hydroxylation sites is 1. The van der Waals surface area contributed by atoms with E-state index in [1.165, 1.54) is 10.4 Å². The normalized spacial score (nSPS) is 22.5. The summed E-state index contributed by atoms with van der Waals surface area (Å²) in [5, 5.41) is 0. The van der Waals surface area contributed by atoms with Crippen LogP contribution in [0.15, 0.2) is 29.2 Å². The summed E-state index contributed by atoms with van der Waals surface area (Å²) in [6.07, 6.45) is 0. The number of hydrogen-bond donors (Lipinski definition) is 1. The van der Waals surface area contributed by atoms with Crippen molar-refractivity contribution in [1.29, 1.82) is 0 Å². The molecule has 2 rings (SSSR count). The SMILES string of the molecule is C[C@@H]1COCCN1S(=O)(=O)c1ccccc1N. The highest BCUT2D eigenvalue weighted by atomic mass is 32.2. The number of rotatable bonds is 2. The first kappa shape index (κ1) is 12.3. The summed E-state index contributed by atoms with van der Waals surface area (Å²) >= 11 is 0. The summed E-state index contributed by atoms with van der Waals surface area (Å²) in [5.41, 5.74) is 6.01. The first-order chi connectivity index (χ1) is 8.03. The van der Waals surface area contributed by atoms with E-state index in [0.29, 0.717) is 19.8 Å². The van der Waals surface area contributed by atoms with Crippen LogP contribution in [0.25, 0.3) is 0 Å². The Balaban J connectivity index is 2.39. The molecule has 1 atom stereocenters. The number of nitrogen functional groups attached to an aromatic ring is 1. The molecule has 0 spiro atoms. The summed E-state index contributed by atoms with van der Waals surface area (Å²) in [4.78, 5) is 0.175. The van der Waals surface area contributed by atoms with Crippen molar-refractivity contribution in [3.63, 3.8) is 0 Å². The van der Waals surface area contributed by atoms with Crippen molar-refractivity contribution in [2.45, 2.75) is 17.9 Å². The summed E-state index contributed by atoms with van der Waals surface area (Å²) in [6.45, 7) is 3.05. The zero-order valence-electron chi connectivity index (χ0n) is 9.67. The van der Waals surface area contributed by atoms with Crippen molar-refractivity contribution in [2.75, 3.05) is 25.5 Å². The monoisotopic (exact) mass is 256 g/mol. The van der Waals surface area contributed by atoms with Crippen LogP contribution < -0.4 is 5.73 Å². The quantitative estimate of drug-likeness (QED) is 0.790. The lowest BCUT2D eigenvalue weighted by molar-refractivity contribution is 0.0393. The van der Waals surface area contributed by atoms with Crippen LogP contribution in [-0.4, -0.2) is 38.5 Å². The number of morpholine rings is 1. The van der Waals surface area contributed by atoms with E-state index in [1.807, 2.05) is 6.92 Å². The molecule has 17 heavy (non-hydrogen) atoms. The van der Waals surface area contributed by atoms with E-state index in [4.69, 9.17) is 10.5 Å². The van der Waals surface area contributed by atoms with E-state index in [2.05, 4.69) is 0 Å². The Hall–Kier alpha value is -1.11. The first-order valence-electron chi connectivity index (χ1n) is 5.47. The highest BCUT2D eigenvalue weighted by Gasteiger charge is 2.32. The third-order valence-electron chi connectivity index (χ3n) is 2.81. The fourth-order valence-corrected chi connectivity index (χ4v) is 3.63. The maximum Gasteiger partial charge on any atom is 0.245 e. The Labute approximate surface area is 101 Å². The lowest BCUT2D eigenvalue weighted by Gasteiger charge is -2.32. The number of ether oxygens (including phenoxy) is 1. The second-order valence-electron chi connectivity index (χ2n) is 4.08. The van der Waals surface area contributed by atoms with Crippen LogP contribution in [0.5, 0.6) is 0 Å². The van der Waals surface area contributed by atoms with Gasteiger partial charge in [0.05, 0.1) is 18.9 Å². The molecule has 1 saturated heterocycles. The average Bonchev–Trinajstić information content (AvgIpc) is 2.29. The number of nitrogens with two attached hydrogens (primary N) is 1. The Morgan fingerprint density at radius 1 is 1.41 bits per heavy atom. The van der Waals surface area contributed by atoms with Gasteiger partial charge in [0.2, 0.25) is 10.0 Å². The maximum atomic E-state index is 12.4. The highest BCUT2D eigenvalue weighted by Crippen LogP contribution is 2.24. The fourth-order valence-electron chi connectivity index (χ4n) is 1.91. The van der Waals surface area contributed by atoms with Gasteiger partial charge in [-0.3, -0.25) is 0 Å². The van der Waals surface area contributed by atoms with Gasteiger partial charge in [-0.15, -0.1) is 0 Å². The molecule has 1 fully saturated rings. The summed E-state index contributed by atoms with van der Waals surface area (Å²) in [5.74, 6) is 0. The topological polar surface area (TPSA) is 72.6 Å². The van der Waals surface area contributed by atoms with Gasteiger partial charge >= 0.3 is 0 Å². The molecule has 1 aliphatic heterocycles. The minimum absolute atomic E-state index is 0.159. The molecule has 0 aromatic heterocycles. The molecule has 2 N–H and O–H groups in total. The Morgan fingerprint density at radius 2 is 2.12 bits per heavy atom.